The summed E-state index contributed by atoms with van der Waals surface area (Å²) in [7, 11) is -4.30. The van der Waals surface area contributed by atoms with E-state index in [1.807, 2.05) is 0 Å². The zero-order valence-electron chi connectivity index (χ0n) is 5.85. The topological polar surface area (TPSA) is 80.7 Å². The molecular formula is C5H10MgO5S. The van der Waals surface area contributed by atoms with Crippen LogP contribution in [0.25, 0.3) is 0 Å². The number of carbonyl (C=O) groups is 1. The van der Waals surface area contributed by atoms with Crippen molar-refractivity contribution in [2.24, 2.45) is 0 Å². The molecule has 0 aromatic rings. The molecule has 0 aliphatic heterocycles. The standard InChI is InChI=1S/C5H8O5S.Mg.2H/c1-3-5(6)10-4(2)11(7,8)9;;;/h3-4H,1H2,2H3,(H,7,8,9);;;. The van der Waals surface area contributed by atoms with Gasteiger partial charge in [-0.25, -0.2) is 4.79 Å². The van der Waals surface area contributed by atoms with Crippen LogP contribution in [0.3, 0.4) is 0 Å². The van der Waals surface area contributed by atoms with Crippen LogP contribution in [0.2, 0.25) is 0 Å². The van der Waals surface area contributed by atoms with Gasteiger partial charge in [0, 0.05) is 6.08 Å². The van der Waals surface area contributed by atoms with Crippen molar-refractivity contribution >= 4 is 39.1 Å². The van der Waals surface area contributed by atoms with E-state index in [0.717, 1.165) is 13.0 Å². The van der Waals surface area contributed by atoms with Crippen molar-refractivity contribution in [2.45, 2.75) is 12.4 Å². The van der Waals surface area contributed by atoms with Crippen LogP contribution in [-0.4, -0.2) is 47.4 Å². The molecule has 12 heavy (non-hydrogen) atoms. The highest BCUT2D eigenvalue weighted by molar-refractivity contribution is 7.86. The number of rotatable bonds is 3. The lowest BCUT2D eigenvalue weighted by molar-refractivity contribution is -0.139. The predicted molar refractivity (Wildman–Crippen MR) is 45.8 cm³/mol. The van der Waals surface area contributed by atoms with Gasteiger partial charge in [0.15, 0.2) is 0 Å². The first-order chi connectivity index (χ1) is 4.88. The van der Waals surface area contributed by atoms with E-state index >= 15 is 0 Å². The third kappa shape index (κ3) is 5.53. The van der Waals surface area contributed by atoms with Gasteiger partial charge in [-0.05, 0) is 6.92 Å². The second-order valence-corrected chi connectivity index (χ2v) is 3.42. The average molecular weight is 207 g/mol. The minimum atomic E-state index is -4.30. The van der Waals surface area contributed by atoms with Crippen LogP contribution in [0.15, 0.2) is 12.7 Å². The summed E-state index contributed by atoms with van der Waals surface area (Å²) in [5, 5.41) is 0. The Labute approximate surface area is 86.7 Å². The molecule has 1 unspecified atom stereocenters. The van der Waals surface area contributed by atoms with E-state index in [1.165, 1.54) is 0 Å². The van der Waals surface area contributed by atoms with E-state index in [1.54, 1.807) is 0 Å². The number of esters is 1. The maximum absolute atomic E-state index is 10.4. The molecule has 0 aliphatic carbocycles. The van der Waals surface area contributed by atoms with Crippen molar-refractivity contribution in [3.8, 4) is 0 Å². The second kappa shape index (κ2) is 5.52. The molecule has 1 atom stereocenters. The van der Waals surface area contributed by atoms with Crippen molar-refractivity contribution in [1.29, 1.82) is 0 Å². The smallest absolute Gasteiger partial charge is 0.331 e. The molecule has 0 saturated heterocycles. The highest BCUT2D eigenvalue weighted by Gasteiger charge is 2.19. The molecule has 7 heteroatoms. The van der Waals surface area contributed by atoms with Crippen molar-refractivity contribution in [3.63, 3.8) is 0 Å². The number of ether oxygens (including phenoxy) is 1. The minimum absolute atomic E-state index is 0. The Morgan fingerprint density at radius 2 is 2.08 bits per heavy atom. The number of carbonyl (C=O) groups excluding carboxylic acids is 1. The van der Waals surface area contributed by atoms with Crippen LogP contribution < -0.4 is 0 Å². The maximum Gasteiger partial charge on any atom is 0.331 e. The lowest BCUT2D eigenvalue weighted by atomic mass is 10.6. The molecule has 0 spiro atoms. The number of hydrogen-bond acceptors (Lipinski definition) is 4. The first kappa shape index (κ1) is 14.4. The molecule has 0 heterocycles. The van der Waals surface area contributed by atoms with Crippen LogP contribution in [0.4, 0.5) is 0 Å². The van der Waals surface area contributed by atoms with Gasteiger partial charge in [0.2, 0.25) is 5.44 Å². The lowest BCUT2D eigenvalue weighted by Crippen LogP contribution is -2.22. The van der Waals surface area contributed by atoms with Gasteiger partial charge in [-0.2, -0.15) is 8.42 Å². The monoisotopic (exact) mass is 206 g/mol. The summed E-state index contributed by atoms with van der Waals surface area (Å²) in [4.78, 5) is 10.4. The summed E-state index contributed by atoms with van der Waals surface area (Å²) in [6.45, 7) is 4.08. The minimum Gasteiger partial charge on any atom is -0.440 e. The van der Waals surface area contributed by atoms with E-state index in [-0.39, 0.29) is 23.1 Å². The van der Waals surface area contributed by atoms with Crippen LogP contribution in [0.1, 0.15) is 6.92 Å². The Bertz CT molecular complexity index is 257. The molecule has 0 saturated carbocycles. The summed E-state index contributed by atoms with van der Waals surface area (Å²) in [6, 6.07) is 0. The molecule has 0 rings (SSSR count). The van der Waals surface area contributed by atoms with E-state index in [9.17, 15) is 13.2 Å². The van der Waals surface area contributed by atoms with Gasteiger partial charge in [-0.15, -0.1) is 0 Å². The van der Waals surface area contributed by atoms with Gasteiger partial charge >= 0.3 is 39.1 Å². The summed E-state index contributed by atoms with van der Waals surface area (Å²) in [5.74, 6) is -0.893. The lowest BCUT2D eigenvalue weighted by Gasteiger charge is -2.06. The third-order valence-electron chi connectivity index (χ3n) is 0.868. The van der Waals surface area contributed by atoms with E-state index in [2.05, 4.69) is 11.3 Å². The van der Waals surface area contributed by atoms with Crippen LogP contribution >= 0.6 is 0 Å². The van der Waals surface area contributed by atoms with Crippen molar-refractivity contribution in [3.05, 3.63) is 12.7 Å². The summed E-state index contributed by atoms with van der Waals surface area (Å²) < 4.78 is 32.9. The maximum atomic E-state index is 10.4. The zero-order chi connectivity index (χ0) is 9.07. The molecule has 1 N–H and O–H groups in total. The Kier molecular flexibility index (Phi) is 6.63. The highest BCUT2D eigenvalue weighted by atomic mass is 32.2. The Morgan fingerprint density at radius 3 is 2.33 bits per heavy atom. The van der Waals surface area contributed by atoms with Crippen LogP contribution in [0.5, 0.6) is 0 Å². The molecule has 0 aromatic carbocycles. The van der Waals surface area contributed by atoms with Crippen LogP contribution in [-0.2, 0) is 19.6 Å². The van der Waals surface area contributed by atoms with Crippen molar-refractivity contribution in [1.82, 2.24) is 0 Å². The van der Waals surface area contributed by atoms with Gasteiger partial charge in [0.25, 0.3) is 0 Å². The molecule has 0 bridgehead atoms. The molecule has 0 radical (unpaired) electrons. The highest BCUT2D eigenvalue weighted by Crippen LogP contribution is 1.99. The van der Waals surface area contributed by atoms with E-state index < -0.39 is 21.5 Å². The molecule has 5 nitrogen and oxygen atoms in total. The first-order valence-corrected chi connectivity index (χ1v) is 4.17. The van der Waals surface area contributed by atoms with Gasteiger partial charge in [-0.1, -0.05) is 6.58 Å². The Balaban J connectivity index is 0. The van der Waals surface area contributed by atoms with E-state index in [4.69, 9.17) is 4.55 Å². The largest absolute Gasteiger partial charge is 0.440 e. The fraction of sp³-hybridized carbons (Fsp3) is 0.400. The van der Waals surface area contributed by atoms with Crippen molar-refractivity contribution in [2.75, 3.05) is 0 Å². The third-order valence-corrected chi connectivity index (χ3v) is 1.80. The fourth-order valence-electron chi connectivity index (χ4n) is 0.272. The molecule has 0 fully saturated rings. The quantitative estimate of drug-likeness (QED) is 0.278. The molecule has 0 aromatic heterocycles. The SMILES string of the molecule is C=CC(=O)OC(C)S(=O)(=O)O.[MgH2]. The zero-order valence-corrected chi connectivity index (χ0v) is 6.67. The molecule has 0 aliphatic rings. The molecule has 0 amide bonds. The van der Waals surface area contributed by atoms with Crippen LogP contribution in [0, 0.1) is 0 Å². The van der Waals surface area contributed by atoms with Gasteiger partial charge in [0.1, 0.15) is 0 Å². The number of hydrogen-bond donors (Lipinski definition) is 1. The van der Waals surface area contributed by atoms with E-state index in [0.29, 0.717) is 0 Å². The predicted octanol–water partition coefficient (Wildman–Crippen LogP) is -0.967. The summed E-state index contributed by atoms with van der Waals surface area (Å²) in [6.07, 6.45) is 0.807. The average Bonchev–Trinajstić information content (AvgIpc) is 1.85. The molecular weight excluding hydrogens is 196 g/mol. The Morgan fingerprint density at radius 1 is 1.67 bits per heavy atom. The van der Waals surface area contributed by atoms with Gasteiger partial charge in [-0.3, -0.25) is 4.55 Å². The first-order valence-electron chi connectivity index (χ1n) is 2.67. The summed E-state index contributed by atoms with van der Waals surface area (Å²) in [5.41, 5.74) is -1.55. The fourth-order valence-corrected chi connectivity index (χ4v) is 0.489. The van der Waals surface area contributed by atoms with Crippen molar-refractivity contribution < 1.29 is 22.5 Å². The molecule has 68 valence electrons. The van der Waals surface area contributed by atoms with Gasteiger partial charge < -0.3 is 4.74 Å². The normalized spacial score (nSPS) is 12.5. The second-order valence-electron chi connectivity index (χ2n) is 1.72. The Hall–Kier alpha value is -0.114. The summed E-state index contributed by atoms with van der Waals surface area (Å²) >= 11 is 0. The van der Waals surface area contributed by atoms with Gasteiger partial charge in [0.05, 0.1) is 0 Å².